The van der Waals surface area contributed by atoms with E-state index in [1.165, 1.54) is 0 Å². The van der Waals surface area contributed by atoms with Crippen molar-refractivity contribution in [1.29, 1.82) is 0 Å². The Kier molecular flexibility index (Phi) is 8.21. The summed E-state index contributed by atoms with van der Waals surface area (Å²) in [5.74, 6) is 0.550. The fourth-order valence-electron chi connectivity index (χ4n) is 1.58. The number of hydrogen-bond donors (Lipinski definition) is 3. The third kappa shape index (κ3) is 7.65. The summed E-state index contributed by atoms with van der Waals surface area (Å²) in [4.78, 5) is 11.4. The van der Waals surface area contributed by atoms with Crippen LogP contribution in [0.25, 0.3) is 0 Å². The van der Waals surface area contributed by atoms with E-state index in [1.807, 2.05) is 13.8 Å². The second kappa shape index (κ2) is 8.53. The van der Waals surface area contributed by atoms with E-state index in [9.17, 15) is 4.79 Å². The monoisotopic (exact) mass is 230 g/mol. The minimum absolute atomic E-state index is 0.0778. The summed E-state index contributed by atoms with van der Waals surface area (Å²) >= 11 is 0. The van der Waals surface area contributed by atoms with E-state index in [-0.39, 0.29) is 24.6 Å². The highest BCUT2D eigenvalue weighted by Crippen LogP contribution is 2.05. The van der Waals surface area contributed by atoms with Crippen LogP contribution in [0.1, 0.15) is 40.5 Å². The molecule has 0 aliphatic carbocycles. The molecular formula is C12H26N2O2. The summed E-state index contributed by atoms with van der Waals surface area (Å²) < 4.78 is 0. The number of carbonyl (C=O) groups is 1. The fourth-order valence-corrected chi connectivity index (χ4v) is 1.58. The van der Waals surface area contributed by atoms with E-state index in [0.717, 1.165) is 6.42 Å². The number of aliphatic hydroxyl groups excluding tert-OH is 1. The lowest BCUT2D eigenvalue weighted by molar-refractivity contribution is -0.121. The Hall–Kier alpha value is -0.610. The molecule has 4 heteroatoms. The lowest BCUT2D eigenvalue weighted by atomic mass is 10.0. The van der Waals surface area contributed by atoms with Crippen LogP contribution in [0, 0.1) is 5.92 Å². The van der Waals surface area contributed by atoms with Gasteiger partial charge in [-0.25, -0.2) is 0 Å². The SMILES string of the molecule is CC(C)NC(=O)CCNC(CCO)C(C)C. The predicted octanol–water partition coefficient (Wildman–Crippen LogP) is 0.898. The molecule has 0 heterocycles. The first kappa shape index (κ1) is 15.4. The Labute approximate surface area is 98.8 Å². The van der Waals surface area contributed by atoms with Crippen molar-refractivity contribution in [3.63, 3.8) is 0 Å². The van der Waals surface area contributed by atoms with Crippen LogP contribution < -0.4 is 10.6 Å². The first-order chi connectivity index (χ1) is 7.47. The Morgan fingerprint density at radius 2 is 1.88 bits per heavy atom. The Morgan fingerprint density at radius 3 is 2.31 bits per heavy atom. The third-order valence-electron chi connectivity index (χ3n) is 2.45. The van der Waals surface area contributed by atoms with Crippen LogP contribution in [0.4, 0.5) is 0 Å². The molecule has 16 heavy (non-hydrogen) atoms. The summed E-state index contributed by atoms with van der Waals surface area (Å²) in [6.07, 6.45) is 1.23. The number of nitrogens with one attached hydrogen (secondary N) is 2. The lowest BCUT2D eigenvalue weighted by Crippen LogP contribution is -2.38. The van der Waals surface area contributed by atoms with Gasteiger partial charge in [0, 0.05) is 31.7 Å². The Morgan fingerprint density at radius 1 is 1.25 bits per heavy atom. The van der Waals surface area contributed by atoms with Gasteiger partial charge in [0.1, 0.15) is 0 Å². The molecule has 0 aliphatic rings. The van der Waals surface area contributed by atoms with Gasteiger partial charge in [-0.2, -0.15) is 0 Å². The van der Waals surface area contributed by atoms with E-state index in [4.69, 9.17) is 5.11 Å². The summed E-state index contributed by atoms with van der Waals surface area (Å²) in [5, 5.41) is 15.0. The number of carbonyl (C=O) groups excluding carboxylic acids is 1. The zero-order valence-electron chi connectivity index (χ0n) is 10.9. The number of hydrogen-bond acceptors (Lipinski definition) is 3. The lowest BCUT2D eigenvalue weighted by Gasteiger charge is -2.21. The first-order valence-corrected chi connectivity index (χ1v) is 6.11. The molecule has 1 amide bonds. The standard InChI is InChI=1S/C12H26N2O2/c1-9(2)11(6-8-15)13-7-5-12(16)14-10(3)4/h9-11,13,15H,5-8H2,1-4H3,(H,14,16). The first-order valence-electron chi connectivity index (χ1n) is 6.11. The molecule has 0 rings (SSSR count). The summed E-state index contributed by atoms with van der Waals surface area (Å²) in [7, 11) is 0. The molecule has 0 spiro atoms. The van der Waals surface area contributed by atoms with Gasteiger partial charge in [-0.05, 0) is 26.2 Å². The van der Waals surface area contributed by atoms with Crippen molar-refractivity contribution in [3.8, 4) is 0 Å². The van der Waals surface area contributed by atoms with E-state index >= 15 is 0 Å². The van der Waals surface area contributed by atoms with Gasteiger partial charge >= 0.3 is 0 Å². The maximum atomic E-state index is 11.4. The van der Waals surface area contributed by atoms with Crippen LogP contribution in [0.3, 0.4) is 0 Å². The molecule has 0 aromatic heterocycles. The van der Waals surface area contributed by atoms with E-state index in [2.05, 4.69) is 24.5 Å². The Bertz CT molecular complexity index is 193. The van der Waals surface area contributed by atoms with Crippen molar-refractivity contribution in [1.82, 2.24) is 10.6 Å². The minimum atomic E-state index is 0.0778. The fraction of sp³-hybridized carbons (Fsp3) is 0.917. The van der Waals surface area contributed by atoms with Gasteiger partial charge in [0.2, 0.25) is 5.91 Å². The highest BCUT2D eigenvalue weighted by molar-refractivity contribution is 5.76. The second-order valence-electron chi connectivity index (χ2n) is 4.79. The average molecular weight is 230 g/mol. The van der Waals surface area contributed by atoms with Crippen LogP contribution in [0.15, 0.2) is 0 Å². The van der Waals surface area contributed by atoms with Crippen LogP contribution in [-0.4, -0.2) is 36.2 Å². The van der Waals surface area contributed by atoms with Crippen LogP contribution in [0.2, 0.25) is 0 Å². The van der Waals surface area contributed by atoms with Gasteiger partial charge in [-0.3, -0.25) is 4.79 Å². The zero-order chi connectivity index (χ0) is 12.6. The van der Waals surface area contributed by atoms with Crippen molar-refractivity contribution in [2.75, 3.05) is 13.2 Å². The van der Waals surface area contributed by atoms with E-state index < -0.39 is 0 Å². The van der Waals surface area contributed by atoms with E-state index in [1.54, 1.807) is 0 Å². The molecule has 0 bridgehead atoms. The normalized spacial score (nSPS) is 13.2. The largest absolute Gasteiger partial charge is 0.396 e. The summed E-state index contributed by atoms with van der Waals surface area (Å²) in [6, 6.07) is 0.489. The topological polar surface area (TPSA) is 61.4 Å². The molecule has 0 fully saturated rings. The minimum Gasteiger partial charge on any atom is -0.396 e. The predicted molar refractivity (Wildman–Crippen MR) is 66.2 cm³/mol. The Balaban J connectivity index is 3.72. The van der Waals surface area contributed by atoms with Crippen LogP contribution >= 0.6 is 0 Å². The smallest absolute Gasteiger partial charge is 0.221 e. The van der Waals surface area contributed by atoms with Gasteiger partial charge < -0.3 is 15.7 Å². The summed E-state index contributed by atoms with van der Waals surface area (Å²) in [6.45, 7) is 8.99. The van der Waals surface area contributed by atoms with Crippen molar-refractivity contribution >= 4 is 5.91 Å². The molecule has 4 nitrogen and oxygen atoms in total. The highest BCUT2D eigenvalue weighted by Gasteiger charge is 2.12. The van der Waals surface area contributed by atoms with E-state index in [0.29, 0.717) is 18.9 Å². The van der Waals surface area contributed by atoms with Gasteiger partial charge in [0.25, 0.3) is 0 Å². The number of amides is 1. The van der Waals surface area contributed by atoms with Crippen molar-refractivity contribution < 1.29 is 9.90 Å². The van der Waals surface area contributed by atoms with Crippen LogP contribution in [-0.2, 0) is 4.79 Å². The summed E-state index contributed by atoms with van der Waals surface area (Å²) in [5.41, 5.74) is 0. The number of aliphatic hydroxyl groups is 1. The molecule has 0 aromatic carbocycles. The van der Waals surface area contributed by atoms with Crippen molar-refractivity contribution in [2.45, 2.75) is 52.6 Å². The molecule has 0 saturated carbocycles. The quantitative estimate of drug-likeness (QED) is 0.580. The molecule has 1 unspecified atom stereocenters. The van der Waals surface area contributed by atoms with Gasteiger partial charge in [-0.15, -0.1) is 0 Å². The third-order valence-corrected chi connectivity index (χ3v) is 2.45. The van der Waals surface area contributed by atoms with Gasteiger partial charge in [-0.1, -0.05) is 13.8 Å². The second-order valence-corrected chi connectivity index (χ2v) is 4.79. The highest BCUT2D eigenvalue weighted by atomic mass is 16.3. The average Bonchev–Trinajstić information content (AvgIpc) is 2.15. The van der Waals surface area contributed by atoms with Crippen LogP contribution in [0.5, 0.6) is 0 Å². The molecule has 0 saturated heterocycles. The molecule has 3 N–H and O–H groups in total. The molecule has 0 aromatic rings. The maximum Gasteiger partial charge on any atom is 0.221 e. The van der Waals surface area contributed by atoms with Gasteiger partial charge in [0.15, 0.2) is 0 Å². The van der Waals surface area contributed by atoms with Crippen molar-refractivity contribution in [3.05, 3.63) is 0 Å². The number of rotatable bonds is 8. The molecular weight excluding hydrogens is 204 g/mol. The maximum absolute atomic E-state index is 11.4. The molecule has 1 atom stereocenters. The van der Waals surface area contributed by atoms with Gasteiger partial charge in [0.05, 0.1) is 0 Å². The molecule has 0 radical (unpaired) electrons. The molecule has 96 valence electrons. The molecule has 0 aliphatic heterocycles. The van der Waals surface area contributed by atoms with Crippen molar-refractivity contribution in [2.24, 2.45) is 5.92 Å². The zero-order valence-corrected chi connectivity index (χ0v) is 10.9.